The van der Waals surface area contributed by atoms with E-state index in [1.165, 1.54) is 27.5 Å². The molecule has 0 amide bonds. The van der Waals surface area contributed by atoms with Crippen LogP contribution in [0.25, 0.3) is 0 Å². The SMILES string of the molecule is Cc1ccc(CNC(C)Cc2ccc(F)cc2)s1. The van der Waals surface area contributed by atoms with Gasteiger partial charge in [0, 0.05) is 22.3 Å². The van der Waals surface area contributed by atoms with Crippen LogP contribution in [0.4, 0.5) is 4.39 Å². The summed E-state index contributed by atoms with van der Waals surface area (Å²) in [6.45, 7) is 5.18. The van der Waals surface area contributed by atoms with E-state index in [0.29, 0.717) is 6.04 Å². The summed E-state index contributed by atoms with van der Waals surface area (Å²) in [5.74, 6) is -0.173. The zero-order valence-electron chi connectivity index (χ0n) is 10.7. The number of aryl methyl sites for hydroxylation is 1. The minimum Gasteiger partial charge on any atom is -0.309 e. The fourth-order valence-electron chi connectivity index (χ4n) is 1.90. The molecule has 0 aliphatic rings. The summed E-state index contributed by atoms with van der Waals surface area (Å²) >= 11 is 1.83. The molecule has 3 heteroatoms. The molecular weight excluding hydrogens is 245 g/mol. The Hall–Kier alpha value is -1.19. The van der Waals surface area contributed by atoms with Crippen molar-refractivity contribution < 1.29 is 4.39 Å². The van der Waals surface area contributed by atoms with Crippen LogP contribution in [-0.2, 0) is 13.0 Å². The van der Waals surface area contributed by atoms with Gasteiger partial charge in [-0.25, -0.2) is 4.39 Å². The molecule has 1 nitrogen and oxygen atoms in total. The predicted molar refractivity (Wildman–Crippen MR) is 75.5 cm³/mol. The predicted octanol–water partition coefficient (Wildman–Crippen LogP) is 3.92. The van der Waals surface area contributed by atoms with Crippen molar-refractivity contribution in [2.75, 3.05) is 0 Å². The molecule has 0 saturated heterocycles. The second kappa shape index (κ2) is 6.12. The number of thiophene rings is 1. The molecule has 0 aliphatic carbocycles. The lowest BCUT2D eigenvalue weighted by atomic mass is 10.1. The van der Waals surface area contributed by atoms with Crippen molar-refractivity contribution in [3.05, 3.63) is 57.5 Å². The monoisotopic (exact) mass is 263 g/mol. The Morgan fingerprint density at radius 3 is 2.50 bits per heavy atom. The third-order valence-corrected chi connectivity index (χ3v) is 3.88. The maximum atomic E-state index is 12.8. The largest absolute Gasteiger partial charge is 0.309 e. The summed E-state index contributed by atoms with van der Waals surface area (Å²) in [6.07, 6.45) is 0.921. The van der Waals surface area contributed by atoms with Gasteiger partial charge in [-0.2, -0.15) is 0 Å². The summed E-state index contributed by atoms with van der Waals surface area (Å²) in [7, 11) is 0. The number of benzene rings is 1. The fraction of sp³-hybridized carbons (Fsp3) is 0.333. The van der Waals surface area contributed by atoms with Crippen LogP contribution in [0.15, 0.2) is 36.4 Å². The first-order valence-corrected chi connectivity index (χ1v) is 6.98. The molecule has 0 fully saturated rings. The van der Waals surface area contributed by atoms with E-state index >= 15 is 0 Å². The molecule has 1 atom stereocenters. The van der Waals surface area contributed by atoms with Gasteiger partial charge in [0.05, 0.1) is 0 Å². The van der Waals surface area contributed by atoms with E-state index < -0.39 is 0 Å². The highest BCUT2D eigenvalue weighted by molar-refractivity contribution is 7.11. The minimum absolute atomic E-state index is 0.173. The van der Waals surface area contributed by atoms with Gasteiger partial charge in [-0.1, -0.05) is 12.1 Å². The van der Waals surface area contributed by atoms with Gasteiger partial charge in [0.15, 0.2) is 0 Å². The highest BCUT2D eigenvalue weighted by Crippen LogP contribution is 2.15. The molecule has 1 N–H and O–H groups in total. The van der Waals surface area contributed by atoms with E-state index in [1.54, 1.807) is 0 Å². The maximum Gasteiger partial charge on any atom is 0.123 e. The quantitative estimate of drug-likeness (QED) is 0.862. The first-order chi connectivity index (χ1) is 8.63. The molecule has 96 valence electrons. The molecule has 18 heavy (non-hydrogen) atoms. The highest BCUT2D eigenvalue weighted by Gasteiger charge is 2.04. The molecule has 2 aromatic rings. The van der Waals surface area contributed by atoms with Crippen LogP contribution >= 0.6 is 11.3 Å². The first kappa shape index (κ1) is 13.2. The van der Waals surface area contributed by atoms with Crippen LogP contribution in [0.2, 0.25) is 0 Å². The van der Waals surface area contributed by atoms with Crippen LogP contribution in [0.5, 0.6) is 0 Å². The van der Waals surface area contributed by atoms with Crippen LogP contribution in [-0.4, -0.2) is 6.04 Å². The minimum atomic E-state index is -0.173. The van der Waals surface area contributed by atoms with Crippen molar-refractivity contribution in [3.8, 4) is 0 Å². The van der Waals surface area contributed by atoms with E-state index in [4.69, 9.17) is 0 Å². The average molecular weight is 263 g/mol. The van der Waals surface area contributed by atoms with E-state index in [1.807, 2.05) is 23.5 Å². The summed E-state index contributed by atoms with van der Waals surface area (Å²) < 4.78 is 12.8. The average Bonchev–Trinajstić information content (AvgIpc) is 2.76. The number of hydrogen-bond acceptors (Lipinski definition) is 2. The van der Waals surface area contributed by atoms with Gasteiger partial charge in [0.1, 0.15) is 5.82 Å². The summed E-state index contributed by atoms with van der Waals surface area (Å²) in [5.41, 5.74) is 1.17. The van der Waals surface area contributed by atoms with Crippen molar-refractivity contribution in [2.24, 2.45) is 0 Å². The van der Waals surface area contributed by atoms with Crippen molar-refractivity contribution in [2.45, 2.75) is 32.9 Å². The number of nitrogens with one attached hydrogen (secondary N) is 1. The third-order valence-electron chi connectivity index (χ3n) is 2.88. The van der Waals surface area contributed by atoms with Crippen molar-refractivity contribution in [1.82, 2.24) is 5.32 Å². The van der Waals surface area contributed by atoms with E-state index in [0.717, 1.165) is 13.0 Å². The zero-order valence-corrected chi connectivity index (χ0v) is 11.6. The molecule has 0 spiro atoms. The molecular formula is C15H18FNS. The highest BCUT2D eigenvalue weighted by atomic mass is 32.1. The van der Waals surface area contributed by atoms with Crippen molar-refractivity contribution >= 4 is 11.3 Å². The Kier molecular flexibility index (Phi) is 4.50. The van der Waals surface area contributed by atoms with Crippen LogP contribution in [0, 0.1) is 12.7 Å². The number of rotatable bonds is 5. The Morgan fingerprint density at radius 1 is 1.17 bits per heavy atom. The van der Waals surface area contributed by atoms with Gasteiger partial charge < -0.3 is 5.32 Å². The Morgan fingerprint density at radius 2 is 1.89 bits per heavy atom. The van der Waals surface area contributed by atoms with E-state index in [2.05, 4.69) is 31.3 Å². The lowest BCUT2D eigenvalue weighted by molar-refractivity contribution is 0.548. The lowest BCUT2D eigenvalue weighted by Crippen LogP contribution is -2.27. The summed E-state index contributed by atoms with van der Waals surface area (Å²) in [5, 5.41) is 3.49. The van der Waals surface area contributed by atoms with Gasteiger partial charge in [-0.3, -0.25) is 0 Å². The van der Waals surface area contributed by atoms with E-state index in [-0.39, 0.29) is 5.82 Å². The lowest BCUT2D eigenvalue weighted by Gasteiger charge is -2.13. The first-order valence-electron chi connectivity index (χ1n) is 6.16. The molecule has 0 aliphatic heterocycles. The van der Waals surface area contributed by atoms with E-state index in [9.17, 15) is 4.39 Å². The molecule has 1 aromatic carbocycles. The van der Waals surface area contributed by atoms with Crippen molar-refractivity contribution in [1.29, 1.82) is 0 Å². The van der Waals surface area contributed by atoms with Gasteiger partial charge in [0.25, 0.3) is 0 Å². The Balaban J connectivity index is 1.81. The molecule has 1 unspecified atom stereocenters. The second-order valence-electron chi connectivity index (χ2n) is 4.62. The van der Waals surface area contributed by atoms with Crippen molar-refractivity contribution in [3.63, 3.8) is 0 Å². The molecule has 0 saturated carbocycles. The summed E-state index contributed by atoms with van der Waals surface area (Å²) in [4.78, 5) is 2.71. The number of halogens is 1. The maximum absolute atomic E-state index is 12.8. The van der Waals surface area contributed by atoms with Crippen LogP contribution in [0.3, 0.4) is 0 Å². The van der Waals surface area contributed by atoms with Gasteiger partial charge in [-0.15, -0.1) is 11.3 Å². The van der Waals surface area contributed by atoms with Crippen LogP contribution < -0.4 is 5.32 Å². The molecule has 1 aromatic heterocycles. The Labute approximate surface area is 112 Å². The molecule has 0 bridgehead atoms. The van der Waals surface area contributed by atoms with Gasteiger partial charge >= 0.3 is 0 Å². The van der Waals surface area contributed by atoms with Gasteiger partial charge in [0.2, 0.25) is 0 Å². The zero-order chi connectivity index (χ0) is 13.0. The fourth-order valence-corrected chi connectivity index (χ4v) is 2.74. The smallest absolute Gasteiger partial charge is 0.123 e. The second-order valence-corrected chi connectivity index (χ2v) is 6.00. The molecule has 0 radical (unpaired) electrons. The Bertz CT molecular complexity index is 489. The molecule has 1 heterocycles. The summed E-state index contributed by atoms with van der Waals surface area (Å²) in [6, 6.07) is 11.4. The number of hydrogen-bond donors (Lipinski definition) is 1. The normalized spacial score (nSPS) is 12.6. The van der Waals surface area contributed by atoms with Gasteiger partial charge in [-0.05, 0) is 50.1 Å². The standard InChI is InChI=1S/C15H18FNS/c1-11(9-13-4-6-14(16)7-5-13)17-10-15-8-3-12(2)18-15/h3-8,11,17H,9-10H2,1-2H3. The third kappa shape index (κ3) is 3.93. The molecule has 2 rings (SSSR count). The topological polar surface area (TPSA) is 12.0 Å². The van der Waals surface area contributed by atoms with Crippen LogP contribution in [0.1, 0.15) is 22.2 Å².